The summed E-state index contributed by atoms with van der Waals surface area (Å²) in [6.45, 7) is 0.878. The molecule has 142 valence electrons. The molecule has 0 fully saturated rings. The third-order valence-electron chi connectivity index (χ3n) is 5.23. The summed E-state index contributed by atoms with van der Waals surface area (Å²) in [5.41, 5.74) is 4.68. The van der Waals surface area contributed by atoms with Crippen LogP contribution in [-0.2, 0) is 24.4 Å². The normalized spacial score (nSPS) is 15.1. The van der Waals surface area contributed by atoms with Crippen LogP contribution in [0.15, 0.2) is 72.9 Å². The molecule has 4 rings (SSSR count). The maximum absolute atomic E-state index is 12.5. The van der Waals surface area contributed by atoms with Crippen LogP contribution in [0, 0.1) is 0 Å². The van der Waals surface area contributed by atoms with Crippen LogP contribution in [0.2, 0.25) is 0 Å². The summed E-state index contributed by atoms with van der Waals surface area (Å²) in [5.74, 6) is 0.955. The average molecular weight is 372 g/mol. The number of amides is 1. The first-order chi connectivity index (χ1) is 13.8. The van der Waals surface area contributed by atoms with Crippen molar-refractivity contribution in [3.05, 3.63) is 95.2 Å². The van der Waals surface area contributed by atoms with Gasteiger partial charge in [0.2, 0.25) is 11.8 Å². The average Bonchev–Trinajstić information content (AvgIpc) is 3.15. The van der Waals surface area contributed by atoms with E-state index in [0.717, 1.165) is 24.0 Å². The summed E-state index contributed by atoms with van der Waals surface area (Å²) in [4.78, 5) is 16.8. The molecule has 1 amide bonds. The van der Waals surface area contributed by atoms with Crippen LogP contribution in [0.3, 0.4) is 0 Å². The van der Waals surface area contributed by atoms with Gasteiger partial charge in [0, 0.05) is 24.7 Å². The molecule has 0 aliphatic heterocycles. The second kappa shape index (κ2) is 8.70. The molecule has 4 nitrogen and oxygen atoms in total. The second-order valence-electron chi connectivity index (χ2n) is 7.16. The van der Waals surface area contributed by atoms with Crippen molar-refractivity contribution >= 4 is 5.91 Å². The van der Waals surface area contributed by atoms with E-state index in [2.05, 4.69) is 34.6 Å². The van der Waals surface area contributed by atoms with Crippen molar-refractivity contribution in [1.29, 1.82) is 0 Å². The number of aromatic nitrogens is 1. The lowest BCUT2D eigenvalue weighted by molar-refractivity contribution is -0.121. The first-order valence-electron chi connectivity index (χ1n) is 9.75. The number of benzene rings is 2. The van der Waals surface area contributed by atoms with Crippen molar-refractivity contribution in [3.63, 3.8) is 0 Å². The highest BCUT2D eigenvalue weighted by Gasteiger charge is 2.24. The molecule has 28 heavy (non-hydrogen) atoms. The highest BCUT2D eigenvalue weighted by Crippen LogP contribution is 2.35. The van der Waals surface area contributed by atoms with Gasteiger partial charge in [-0.2, -0.15) is 0 Å². The fourth-order valence-electron chi connectivity index (χ4n) is 3.76. The molecule has 1 atom stereocenters. The molecule has 1 unspecified atom stereocenters. The first kappa shape index (κ1) is 18.2. The molecule has 1 heterocycles. The molecule has 3 aromatic rings. The van der Waals surface area contributed by atoms with E-state index >= 15 is 0 Å². The van der Waals surface area contributed by atoms with E-state index in [0.29, 0.717) is 31.4 Å². The fraction of sp³-hybridized carbons (Fsp3) is 0.250. The largest absolute Gasteiger partial charge is 0.473 e. The van der Waals surface area contributed by atoms with Gasteiger partial charge in [-0.15, -0.1) is 0 Å². The van der Waals surface area contributed by atoms with Gasteiger partial charge in [-0.25, -0.2) is 4.98 Å². The van der Waals surface area contributed by atoms with Crippen LogP contribution in [-0.4, -0.2) is 10.9 Å². The Labute approximate surface area is 165 Å². The van der Waals surface area contributed by atoms with Crippen LogP contribution in [0.4, 0.5) is 0 Å². The van der Waals surface area contributed by atoms with Gasteiger partial charge in [0.05, 0.1) is 0 Å². The Balaban J connectivity index is 1.33. The summed E-state index contributed by atoms with van der Waals surface area (Å²) in [5, 5.41) is 3.04. The predicted octanol–water partition coefficient (Wildman–Crippen LogP) is 4.40. The smallest absolute Gasteiger partial charge is 0.220 e. The van der Waals surface area contributed by atoms with E-state index < -0.39 is 0 Å². The van der Waals surface area contributed by atoms with Crippen molar-refractivity contribution in [3.8, 4) is 5.88 Å². The number of carbonyl (C=O) groups is 1. The van der Waals surface area contributed by atoms with E-state index in [9.17, 15) is 4.79 Å². The molecular formula is C24H24N2O2. The zero-order valence-corrected chi connectivity index (χ0v) is 15.8. The minimum atomic E-state index is 0.0690. The molecule has 0 bridgehead atoms. The van der Waals surface area contributed by atoms with Gasteiger partial charge in [-0.3, -0.25) is 4.79 Å². The van der Waals surface area contributed by atoms with Crippen molar-refractivity contribution < 1.29 is 9.53 Å². The van der Waals surface area contributed by atoms with E-state index in [4.69, 9.17) is 4.74 Å². The van der Waals surface area contributed by atoms with Crippen LogP contribution in [0.25, 0.3) is 0 Å². The molecule has 1 aliphatic carbocycles. The van der Waals surface area contributed by atoms with Gasteiger partial charge in [0.15, 0.2) is 0 Å². The van der Waals surface area contributed by atoms with Crippen molar-refractivity contribution in [2.45, 2.75) is 38.3 Å². The zero-order chi connectivity index (χ0) is 19.2. The number of nitrogens with one attached hydrogen (secondary N) is 1. The van der Waals surface area contributed by atoms with Crippen molar-refractivity contribution in [2.75, 3.05) is 0 Å². The van der Waals surface area contributed by atoms with Gasteiger partial charge in [0.25, 0.3) is 0 Å². The lowest BCUT2D eigenvalue weighted by Gasteiger charge is -2.13. The number of pyridine rings is 1. The molecule has 0 saturated heterocycles. The number of rotatable bonds is 7. The van der Waals surface area contributed by atoms with Gasteiger partial charge in [-0.1, -0.05) is 60.7 Å². The molecule has 0 spiro atoms. The van der Waals surface area contributed by atoms with Gasteiger partial charge in [0.1, 0.15) is 6.61 Å². The van der Waals surface area contributed by atoms with Crippen molar-refractivity contribution in [2.24, 2.45) is 0 Å². The van der Waals surface area contributed by atoms with Crippen molar-refractivity contribution in [1.82, 2.24) is 10.3 Å². The monoisotopic (exact) mass is 372 g/mol. The van der Waals surface area contributed by atoms with E-state index in [1.54, 1.807) is 6.20 Å². The molecular weight excluding hydrogens is 348 g/mol. The molecule has 1 N–H and O–H groups in total. The third kappa shape index (κ3) is 4.39. The lowest BCUT2D eigenvalue weighted by Crippen LogP contribution is -2.24. The Hall–Kier alpha value is -3.14. The molecule has 4 heteroatoms. The molecule has 1 aliphatic rings. The predicted molar refractivity (Wildman–Crippen MR) is 109 cm³/mol. The quantitative estimate of drug-likeness (QED) is 0.669. The third-order valence-corrected chi connectivity index (χ3v) is 5.23. The van der Waals surface area contributed by atoms with Gasteiger partial charge < -0.3 is 10.1 Å². The molecule has 1 aromatic heterocycles. The van der Waals surface area contributed by atoms with Gasteiger partial charge in [-0.05, 0) is 41.5 Å². The topological polar surface area (TPSA) is 51.2 Å². The highest BCUT2D eigenvalue weighted by molar-refractivity contribution is 5.77. The van der Waals surface area contributed by atoms with E-state index in [-0.39, 0.29) is 5.91 Å². The first-order valence-corrected chi connectivity index (χ1v) is 9.75. The van der Waals surface area contributed by atoms with Crippen LogP contribution >= 0.6 is 0 Å². The fourth-order valence-corrected chi connectivity index (χ4v) is 3.76. The molecule has 0 saturated carbocycles. The number of hydrogen-bond donors (Lipinski definition) is 1. The van der Waals surface area contributed by atoms with E-state index in [1.807, 2.05) is 42.5 Å². The zero-order valence-electron chi connectivity index (χ0n) is 15.8. The standard InChI is InChI=1S/C24H24N2O2/c27-23(15-20-13-12-19-9-4-5-11-22(19)20)26-16-21-10-6-14-25-24(21)28-17-18-7-2-1-3-8-18/h1-11,14,20H,12-13,15-17H2,(H,26,27). The Bertz CT molecular complexity index is 940. The summed E-state index contributed by atoms with van der Waals surface area (Å²) in [7, 11) is 0. The van der Waals surface area contributed by atoms with Crippen LogP contribution < -0.4 is 10.1 Å². The SMILES string of the molecule is O=C(CC1CCc2ccccc21)NCc1cccnc1OCc1ccccc1. The number of carbonyl (C=O) groups excluding carboxylic acids is 1. The number of nitrogens with zero attached hydrogens (tertiary/aromatic N) is 1. The minimum absolute atomic E-state index is 0.0690. The van der Waals surface area contributed by atoms with Crippen LogP contribution in [0.5, 0.6) is 5.88 Å². The summed E-state index contributed by atoms with van der Waals surface area (Å²) >= 11 is 0. The number of aryl methyl sites for hydroxylation is 1. The summed E-state index contributed by atoms with van der Waals surface area (Å²) < 4.78 is 5.87. The number of fused-ring (bicyclic) bond motifs is 1. The number of ether oxygens (including phenoxy) is 1. The van der Waals surface area contributed by atoms with Gasteiger partial charge >= 0.3 is 0 Å². The molecule has 0 radical (unpaired) electrons. The maximum atomic E-state index is 12.5. The van der Waals surface area contributed by atoms with Crippen LogP contribution in [0.1, 0.15) is 41.0 Å². The van der Waals surface area contributed by atoms with E-state index in [1.165, 1.54) is 11.1 Å². The number of hydrogen-bond acceptors (Lipinski definition) is 3. The Morgan fingerprint density at radius 2 is 1.86 bits per heavy atom. The minimum Gasteiger partial charge on any atom is -0.473 e. The Kier molecular flexibility index (Phi) is 5.66. The maximum Gasteiger partial charge on any atom is 0.220 e. The molecule has 2 aromatic carbocycles. The lowest BCUT2D eigenvalue weighted by atomic mass is 9.97. The highest BCUT2D eigenvalue weighted by atomic mass is 16.5. The summed E-state index contributed by atoms with van der Waals surface area (Å²) in [6.07, 6.45) is 4.35. The Morgan fingerprint density at radius 3 is 2.75 bits per heavy atom. The Morgan fingerprint density at radius 1 is 1.04 bits per heavy atom. The summed E-state index contributed by atoms with van der Waals surface area (Å²) in [6, 6.07) is 22.2. The second-order valence-corrected chi connectivity index (χ2v) is 7.16.